The minimum Gasteiger partial charge on any atom is -0.317 e. The number of piperidine rings is 1. The van der Waals surface area contributed by atoms with Crippen molar-refractivity contribution in [2.75, 3.05) is 13.1 Å². The van der Waals surface area contributed by atoms with E-state index in [1.54, 1.807) is 0 Å². The predicted octanol–water partition coefficient (Wildman–Crippen LogP) is 2.77. The van der Waals surface area contributed by atoms with Crippen LogP contribution >= 0.6 is 0 Å². The average molecular weight is 245 g/mol. The molecule has 0 radical (unpaired) electrons. The molecule has 3 rings (SSSR count). The largest absolute Gasteiger partial charge is 0.317 e. The third-order valence-electron chi connectivity index (χ3n) is 4.02. The molecule has 18 heavy (non-hydrogen) atoms. The van der Waals surface area contributed by atoms with E-state index in [0.29, 0.717) is 5.92 Å². The second-order valence-corrected chi connectivity index (χ2v) is 5.69. The summed E-state index contributed by atoms with van der Waals surface area (Å²) < 4.78 is 0. The molecule has 98 valence electrons. The highest BCUT2D eigenvalue weighted by atomic mass is 14.9. The van der Waals surface area contributed by atoms with Crippen LogP contribution in [-0.2, 0) is 6.42 Å². The number of aryl methyl sites for hydroxylation is 1. The van der Waals surface area contributed by atoms with Gasteiger partial charge in [0.05, 0.1) is 0 Å². The van der Waals surface area contributed by atoms with Gasteiger partial charge in [0, 0.05) is 23.2 Å². The molecule has 3 nitrogen and oxygen atoms in total. The fourth-order valence-electron chi connectivity index (χ4n) is 2.77. The van der Waals surface area contributed by atoms with Crippen molar-refractivity contribution in [1.82, 2.24) is 15.3 Å². The van der Waals surface area contributed by atoms with Gasteiger partial charge in [0.25, 0.3) is 0 Å². The molecule has 0 atom stereocenters. The highest BCUT2D eigenvalue weighted by molar-refractivity contribution is 5.20. The molecule has 1 aromatic rings. The van der Waals surface area contributed by atoms with Crippen molar-refractivity contribution >= 4 is 0 Å². The van der Waals surface area contributed by atoms with E-state index in [0.717, 1.165) is 31.3 Å². The number of nitrogens with one attached hydrogen (secondary N) is 1. The Labute approximate surface area is 109 Å². The Hall–Kier alpha value is -0.960. The number of rotatable bonds is 4. The highest BCUT2D eigenvalue weighted by Gasteiger charge is 2.27. The third kappa shape index (κ3) is 2.72. The zero-order chi connectivity index (χ0) is 12.4. The van der Waals surface area contributed by atoms with Crippen LogP contribution in [-0.4, -0.2) is 23.1 Å². The van der Waals surface area contributed by atoms with Crippen LogP contribution in [0.2, 0.25) is 0 Å². The van der Waals surface area contributed by atoms with Gasteiger partial charge in [0.15, 0.2) is 0 Å². The Morgan fingerprint density at radius 1 is 1.11 bits per heavy atom. The molecule has 1 saturated carbocycles. The van der Waals surface area contributed by atoms with E-state index in [-0.39, 0.29) is 0 Å². The zero-order valence-corrected chi connectivity index (χ0v) is 11.3. The first-order valence-corrected chi connectivity index (χ1v) is 7.45. The van der Waals surface area contributed by atoms with Crippen LogP contribution in [0.1, 0.15) is 68.1 Å². The Balaban J connectivity index is 1.86. The summed E-state index contributed by atoms with van der Waals surface area (Å²) in [7, 11) is 0. The molecule has 2 heterocycles. The minimum absolute atomic E-state index is 0.584. The highest BCUT2D eigenvalue weighted by Crippen LogP contribution is 2.39. The van der Waals surface area contributed by atoms with Crippen LogP contribution in [0.15, 0.2) is 6.07 Å². The molecule has 2 aliphatic rings. The van der Waals surface area contributed by atoms with Gasteiger partial charge < -0.3 is 5.32 Å². The van der Waals surface area contributed by atoms with Crippen molar-refractivity contribution in [3.8, 4) is 0 Å². The van der Waals surface area contributed by atoms with Crippen LogP contribution in [0.5, 0.6) is 0 Å². The van der Waals surface area contributed by atoms with E-state index in [2.05, 4.69) is 18.3 Å². The topological polar surface area (TPSA) is 37.8 Å². The molecule has 1 saturated heterocycles. The molecule has 1 aliphatic carbocycles. The van der Waals surface area contributed by atoms with Crippen molar-refractivity contribution < 1.29 is 0 Å². The van der Waals surface area contributed by atoms with Gasteiger partial charge in [-0.3, -0.25) is 0 Å². The summed E-state index contributed by atoms with van der Waals surface area (Å²) in [5.41, 5.74) is 2.59. The van der Waals surface area contributed by atoms with Gasteiger partial charge in [-0.2, -0.15) is 0 Å². The fourth-order valence-corrected chi connectivity index (χ4v) is 2.77. The van der Waals surface area contributed by atoms with E-state index in [4.69, 9.17) is 9.97 Å². The van der Waals surface area contributed by atoms with Crippen LogP contribution in [0.3, 0.4) is 0 Å². The number of hydrogen-bond acceptors (Lipinski definition) is 3. The summed E-state index contributed by atoms with van der Waals surface area (Å²) in [6.07, 6.45) is 7.31. The van der Waals surface area contributed by atoms with Gasteiger partial charge >= 0.3 is 0 Å². The third-order valence-corrected chi connectivity index (χ3v) is 4.02. The lowest BCUT2D eigenvalue weighted by Gasteiger charge is -2.22. The maximum Gasteiger partial charge on any atom is 0.132 e. The van der Waals surface area contributed by atoms with Gasteiger partial charge in [-0.25, -0.2) is 9.97 Å². The smallest absolute Gasteiger partial charge is 0.132 e. The van der Waals surface area contributed by atoms with Gasteiger partial charge in [-0.1, -0.05) is 13.3 Å². The first-order chi connectivity index (χ1) is 8.86. The van der Waals surface area contributed by atoms with Crippen molar-refractivity contribution in [1.29, 1.82) is 0 Å². The van der Waals surface area contributed by atoms with Gasteiger partial charge in [-0.05, 0) is 51.3 Å². The molecule has 1 N–H and O–H groups in total. The SMILES string of the molecule is CCCc1cc(C2CC2)nc(C2CCNCC2)n1. The molecule has 0 amide bonds. The molecular formula is C15H23N3. The van der Waals surface area contributed by atoms with Crippen molar-refractivity contribution in [3.63, 3.8) is 0 Å². The quantitative estimate of drug-likeness (QED) is 0.886. The Bertz CT molecular complexity index is 406. The normalized spacial score (nSPS) is 21.2. The Morgan fingerprint density at radius 2 is 1.89 bits per heavy atom. The lowest BCUT2D eigenvalue weighted by atomic mass is 9.97. The predicted molar refractivity (Wildman–Crippen MR) is 72.8 cm³/mol. The lowest BCUT2D eigenvalue weighted by Crippen LogP contribution is -2.27. The molecule has 0 spiro atoms. The van der Waals surface area contributed by atoms with E-state index in [1.165, 1.54) is 43.5 Å². The van der Waals surface area contributed by atoms with Crippen molar-refractivity contribution in [2.45, 2.75) is 57.3 Å². The van der Waals surface area contributed by atoms with E-state index in [9.17, 15) is 0 Å². The first-order valence-electron chi connectivity index (χ1n) is 7.45. The fraction of sp³-hybridized carbons (Fsp3) is 0.733. The molecule has 3 heteroatoms. The van der Waals surface area contributed by atoms with Crippen molar-refractivity contribution in [3.05, 3.63) is 23.3 Å². The maximum absolute atomic E-state index is 4.86. The maximum atomic E-state index is 4.86. The summed E-state index contributed by atoms with van der Waals surface area (Å²) >= 11 is 0. The first kappa shape index (κ1) is 12.1. The van der Waals surface area contributed by atoms with E-state index >= 15 is 0 Å². The minimum atomic E-state index is 0.584. The van der Waals surface area contributed by atoms with Gasteiger partial charge in [0.1, 0.15) is 5.82 Å². The monoisotopic (exact) mass is 245 g/mol. The molecular weight excluding hydrogens is 222 g/mol. The molecule has 1 aromatic heterocycles. The lowest BCUT2D eigenvalue weighted by molar-refractivity contribution is 0.442. The molecule has 0 aromatic carbocycles. The number of hydrogen-bond donors (Lipinski definition) is 1. The van der Waals surface area contributed by atoms with Crippen LogP contribution in [0.4, 0.5) is 0 Å². The summed E-state index contributed by atoms with van der Waals surface area (Å²) in [6, 6.07) is 2.26. The summed E-state index contributed by atoms with van der Waals surface area (Å²) in [5.74, 6) is 2.45. The standard InChI is InChI=1S/C15H23N3/c1-2-3-13-10-14(11-4-5-11)18-15(17-13)12-6-8-16-9-7-12/h10-12,16H,2-9H2,1H3. The second kappa shape index (κ2) is 5.35. The molecule has 2 fully saturated rings. The Kier molecular flexibility index (Phi) is 3.59. The number of aromatic nitrogens is 2. The van der Waals surface area contributed by atoms with Gasteiger partial charge in [-0.15, -0.1) is 0 Å². The van der Waals surface area contributed by atoms with Crippen LogP contribution < -0.4 is 5.32 Å². The van der Waals surface area contributed by atoms with Crippen LogP contribution in [0.25, 0.3) is 0 Å². The molecule has 1 aliphatic heterocycles. The van der Waals surface area contributed by atoms with Gasteiger partial charge in [0.2, 0.25) is 0 Å². The average Bonchev–Trinajstić information content (AvgIpc) is 3.24. The Morgan fingerprint density at radius 3 is 2.56 bits per heavy atom. The summed E-state index contributed by atoms with van der Waals surface area (Å²) in [6.45, 7) is 4.46. The molecule has 0 unspecified atom stereocenters. The second-order valence-electron chi connectivity index (χ2n) is 5.69. The number of nitrogens with zero attached hydrogens (tertiary/aromatic N) is 2. The zero-order valence-electron chi connectivity index (χ0n) is 11.3. The van der Waals surface area contributed by atoms with Crippen molar-refractivity contribution in [2.24, 2.45) is 0 Å². The van der Waals surface area contributed by atoms with E-state index < -0.39 is 0 Å². The summed E-state index contributed by atoms with van der Waals surface area (Å²) in [5, 5.41) is 3.42. The van der Waals surface area contributed by atoms with E-state index in [1.807, 2.05) is 0 Å². The molecule has 0 bridgehead atoms. The summed E-state index contributed by atoms with van der Waals surface area (Å²) in [4.78, 5) is 9.68. The van der Waals surface area contributed by atoms with Crippen LogP contribution in [0, 0.1) is 0 Å².